The molecular weight excluding hydrogens is 364 g/mol. The minimum Gasteiger partial charge on any atom is -0.383 e. The number of hydrogen-bond donors (Lipinski definition) is 2. The van der Waals surface area contributed by atoms with Crippen LogP contribution in [-0.4, -0.2) is 48.1 Å². The number of nitrogens with two attached hydrogens (primary N) is 2. The maximum atomic E-state index is 11.6. The zero-order chi connectivity index (χ0) is 20.4. The molecule has 2 atom stereocenters. The lowest BCUT2D eigenvalue weighted by Crippen LogP contribution is -2.38. The molecule has 2 aliphatic rings. The molecule has 3 heterocycles. The molecule has 154 valence electrons. The first kappa shape index (κ1) is 19.9. The number of aromatic nitrogens is 1. The van der Waals surface area contributed by atoms with Gasteiger partial charge in [0, 0.05) is 50.0 Å². The molecule has 4 rings (SSSR count). The second-order valence-electron chi connectivity index (χ2n) is 8.22. The Hall–Kier alpha value is -2.44. The summed E-state index contributed by atoms with van der Waals surface area (Å²) in [4.78, 5) is 18.4. The number of benzene rings is 1. The van der Waals surface area contributed by atoms with E-state index in [0.717, 1.165) is 43.7 Å². The number of nitrogen functional groups attached to an aromatic ring is 1. The molecule has 1 aromatic heterocycles. The van der Waals surface area contributed by atoms with Crippen molar-refractivity contribution in [2.24, 2.45) is 11.7 Å². The average molecular weight is 395 g/mol. The topological polar surface area (TPSA) is 94.5 Å². The molecular formula is C23H30N4O2. The van der Waals surface area contributed by atoms with Gasteiger partial charge in [-0.25, -0.2) is 4.98 Å². The molecule has 6 nitrogen and oxygen atoms in total. The van der Waals surface area contributed by atoms with Crippen LogP contribution in [0, 0.1) is 5.92 Å². The summed E-state index contributed by atoms with van der Waals surface area (Å²) in [6.07, 6.45) is 5.17. The number of rotatable bonds is 5. The van der Waals surface area contributed by atoms with Crippen molar-refractivity contribution in [1.82, 2.24) is 9.88 Å². The number of likely N-dealkylation sites (tertiary alicyclic amines) is 1. The number of amides is 1. The van der Waals surface area contributed by atoms with E-state index < -0.39 is 5.91 Å². The molecule has 0 spiro atoms. The van der Waals surface area contributed by atoms with Gasteiger partial charge in [-0.05, 0) is 36.0 Å². The highest BCUT2D eigenvalue weighted by molar-refractivity contribution is 5.98. The van der Waals surface area contributed by atoms with Gasteiger partial charge in [0.1, 0.15) is 5.82 Å². The Labute approximate surface area is 172 Å². The molecule has 0 aliphatic carbocycles. The molecule has 0 saturated carbocycles. The summed E-state index contributed by atoms with van der Waals surface area (Å²) in [5, 5.41) is 0. The van der Waals surface area contributed by atoms with E-state index in [9.17, 15) is 4.79 Å². The third kappa shape index (κ3) is 4.14. The minimum absolute atomic E-state index is 0.169. The van der Waals surface area contributed by atoms with E-state index in [1.165, 1.54) is 18.5 Å². The van der Waals surface area contributed by atoms with Crippen LogP contribution in [0.25, 0.3) is 11.1 Å². The van der Waals surface area contributed by atoms with E-state index in [1.54, 1.807) is 12.3 Å². The van der Waals surface area contributed by atoms with Gasteiger partial charge in [-0.15, -0.1) is 0 Å². The van der Waals surface area contributed by atoms with E-state index in [1.807, 2.05) is 0 Å². The lowest BCUT2D eigenvalue weighted by Gasteiger charge is -2.31. The third-order valence-corrected chi connectivity index (χ3v) is 6.56. The van der Waals surface area contributed by atoms with Crippen molar-refractivity contribution in [2.75, 3.05) is 32.0 Å². The zero-order valence-electron chi connectivity index (χ0n) is 17.0. The highest BCUT2D eigenvalue weighted by atomic mass is 16.5. The minimum atomic E-state index is -0.557. The highest BCUT2D eigenvalue weighted by Crippen LogP contribution is 2.37. The number of carbonyl (C=O) groups is 1. The van der Waals surface area contributed by atoms with E-state index in [2.05, 4.69) is 41.1 Å². The predicted molar refractivity (Wildman–Crippen MR) is 115 cm³/mol. The van der Waals surface area contributed by atoms with E-state index in [4.69, 9.17) is 16.2 Å². The zero-order valence-corrected chi connectivity index (χ0v) is 17.0. The Bertz CT molecular complexity index is 862. The fourth-order valence-electron chi connectivity index (χ4n) is 4.80. The Morgan fingerprint density at radius 3 is 2.55 bits per heavy atom. The molecule has 2 fully saturated rings. The van der Waals surface area contributed by atoms with Crippen LogP contribution in [0.15, 0.2) is 36.5 Å². The van der Waals surface area contributed by atoms with Crippen LogP contribution in [0.4, 0.5) is 5.82 Å². The molecule has 0 unspecified atom stereocenters. The first-order valence-corrected chi connectivity index (χ1v) is 10.5. The summed E-state index contributed by atoms with van der Waals surface area (Å²) in [7, 11) is 0. The number of pyridine rings is 1. The SMILES string of the molecule is CC[C@@H]1CN(C2CCOCC2)C[C@H]1c1ccc(-c2cnc(N)c(C(N)=O)c2)cc1. The van der Waals surface area contributed by atoms with Crippen LogP contribution in [0.5, 0.6) is 0 Å². The standard InChI is InChI=1S/C23H30N4O2/c1-2-15-13-27(19-7-9-29-10-8-19)14-21(15)17-5-3-16(4-6-17)18-11-20(23(25)28)22(24)26-12-18/h3-6,11-12,15,19,21H,2,7-10,13-14H2,1H3,(H2,24,26)(H2,25,28)/t15-,21-/m1/s1. The average Bonchev–Trinajstić information content (AvgIpc) is 3.19. The predicted octanol–water partition coefficient (Wildman–Crippen LogP) is 3.03. The number of ether oxygens (including phenoxy) is 1. The second-order valence-corrected chi connectivity index (χ2v) is 8.22. The molecule has 4 N–H and O–H groups in total. The number of nitrogens with zero attached hydrogens (tertiary/aromatic N) is 2. The van der Waals surface area contributed by atoms with Crippen LogP contribution < -0.4 is 11.5 Å². The van der Waals surface area contributed by atoms with Crippen molar-refractivity contribution in [1.29, 1.82) is 0 Å². The number of carbonyl (C=O) groups excluding carboxylic acids is 1. The van der Waals surface area contributed by atoms with Crippen molar-refractivity contribution in [2.45, 2.75) is 38.1 Å². The summed E-state index contributed by atoms with van der Waals surface area (Å²) in [5.74, 6) is 0.854. The van der Waals surface area contributed by atoms with Crippen LogP contribution in [0.3, 0.4) is 0 Å². The van der Waals surface area contributed by atoms with Gasteiger partial charge in [0.15, 0.2) is 0 Å². The summed E-state index contributed by atoms with van der Waals surface area (Å²) >= 11 is 0. The lowest BCUT2D eigenvalue weighted by atomic mass is 9.86. The lowest BCUT2D eigenvalue weighted by molar-refractivity contribution is 0.0408. The third-order valence-electron chi connectivity index (χ3n) is 6.56. The van der Waals surface area contributed by atoms with Gasteiger partial charge in [-0.1, -0.05) is 37.6 Å². The van der Waals surface area contributed by atoms with Crippen molar-refractivity contribution < 1.29 is 9.53 Å². The molecule has 0 bridgehead atoms. The number of primary amides is 1. The van der Waals surface area contributed by atoms with Crippen LogP contribution >= 0.6 is 0 Å². The maximum absolute atomic E-state index is 11.6. The first-order chi connectivity index (χ1) is 14.1. The smallest absolute Gasteiger partial charge is 0.252 e. The maximum Gasteiger partial charge on any atom is 0.252 e. The second kappa shape index (κ2) is 8.51. The Morgan fingerprint density at radius 1 is 1.17 bits per heavy atom. The monoisotopic (exact) mass is 394 g/mol. The fraction of sp³-hybridized carbons (Fsp3) is 0.478. The van der Waals surface area contributed by atoms with Crippen LogP contribution in [0.1, 0.15) is 48.0 Å². The van der Waals surface area contributed by atoms with Gasteiger partial charge in [-0.3, -0.25) is 9.69 Å². The number of anilines is 1. The van der Waals surface area contributed by atoms with E-state index in [0.29, 0.717) is 17.9 Å². The van der Waals surface area contributed by atoms with Gasteiger partial charge in [0.05, 0.1) is 5.56 Å². The molecule has 6 heteroatoms. The number of hydrogen-bond acceptors (Lipinski definition) is 5. The Morgan fingerprint density at radius 2 is 1.90 bits per heavy atom. The van der Waals surface area contributed by atoms with Gasteiger partial charge >= 0.3 is 0 Å². The van der Waals surface area contributed by atoms with Gasteiger partial charge < -0.3 is 16.2 Å². The first-order valence-electron chi connectivity index (χ1n) is 10.5. The van der Waals surface area contributed by atoms with Gasteiger partial charge in [-0.2, -0.15) is 0 Å². The molecule has 29 heavy (non-hydrogen) atoms. The summed E-state index contributed by atoms with van der Waals surface area (Å²) in [5.41, 5.74) is 14.7. The quantitative estimate of drug-likeness (QED) is 0.813. The molecule has 2 saturated heterocycles. The van der Waals surface area contributed by atoms with Crippen molar-refractivity contribution >= 4 is 11.7 Å². The Balaban J connectivity index is 1.52. The van der Waals surface area contributed by atoms with E-state index in [-0.39, 0.29) is 11.4 Å². The van der Waals surface area contributed by atoms with Crippen molar-refractivity contribution in [3.05, 3.63) is 47.7 Å². The molecule has 1 aromatic carbocycles. The molecule has 1 amide bonds. The summed E-state index contributed by atoms with van der Waals surface area (Å²) in [6, 6.07) is 11.0. The molecule has 2 aliphatic heterocycles. The largest absolute Gasteiger partial charge is 0.383 e. The normalized spacial score (nSPS) is 23.3. The van der Waals surface area contributed by atoms with Crippen molar-refractivity contribution in [3.8, 4) is 11.1 Å². The molecule has 0 radical (unpaired) electrons. The van der Waals surface area contributed by atoms with Gasteiger partial charge in [0.2, 0.25) is 0 Å². The van der Waals surface area contributed by atoms with Crippen LogP contribution in [-0.2, 0) is 4.74 Å². The molecule has 2 aromatic rings. The fourth-order valence-corrected chi connectivity index (χ4v) is 4.80. The highest BCUT2D eigenvalue weighted by Gasteiger charge is 2.36. The summed E-state index contributed by atoms with van der Waals surface area (Å²) in [6.45, 7) is 6.38. The summed E-state index contributed by atoms with van der Waals surface area (Å²) < 4.78 is 5.54. The van der Waals surface area contributed by atoms with Crippen molar-refractivity contribution in [3.63, 3.8) is 0 Å². The van der Waals surface area contributed by atoms with Crippen LogP contribution in [0.2, 0.25) is 0 Å². The van der Waals surface area contributed by atoms with E-state index >= 15 is 0 Å². The Kier molecular flexibility index (Phi) is 5.83. The van der Waals surface area contributed by atoms with Gasteiger partial charge in [0.25, 0.3) is 5.91 Å².